The van der Waals surface area contributed by atoms with Crippen LogP contribution in [-0.2, 0) is 0 Å². The molecule has 1 heterocycles. The van der Waals surface area contributed by atoms with Gasteiger partial charge in [-0.25, -0.2) is 0 Å². The van der Waals surface area contributed by atoms with E-state index in [2.05, 4.69) is 70.0 Å². The number of rotatable bonds is 2. The third-order valence-corrected chi connectivity index (χ3v) is 4.12. The first kappa shape index (κ1) is 12.9. The van der Waals surface area contributed by atoms with E-state index in [1.54, 1.807) is 0 Å². The van der Waals surface area contributed by atoms with Gasteiger partial charge >= 0.3 is 0 Å². The number of dihydropyridines is 1. The fourth-order valence-electron chi connectivity index (χ4n) is 2.43. The molecule has 0 fully saturated rings. The molecule has 2 rings (SSSR count). The summed E-state index contributed by atoms with van der Waals surface area (Å²) in [6, 6.07) is 0.299. The Labute approximate surface area is 111 Å². The smallest absolute Gasteiger partial charge is 0.0704 e. The van der Waals surface area contributed by atoms with Gasteiger partial charge in [0.2, 0.25) is 0 Å². The van der Waals surface area contributed by atoms with Gasteiger partial charge in [-0.2, -0.15) is 0 Å². The van der Waals surface area contributed by atoms with Gasteiger partial charge in [0.1, 0.15) is 0 Å². The molecule has 0 aromatic carbocycles. The first-order valence-corrected chi connectivity index (χ1v) is 6.72. The Morgan fingerprint density at radius 3 is 2.72 bits per heavy atom. The zero-order valence-corrected chi connectivity index (χ0v) is 11.9. The predicted octanol–water partition coefficient (Wildman–Crippen LogP) is 4.28. The molecule has 0 aromatic heterocycles. The van der Waals surface area contributed by atoms with Crippen molar-refractivity contribution in [1.82, 2.24) is 5.32 Å². The molecular formula is C17H23N. The van der Waals surface area contributed by atoms with Crippen LogP contribution >= 0.6 is 0 Å². The van der Waals surface area contributed by atoms with Crippen LogP contribution in [-0.4, -0.2) is 6.04 Å². The van der Waals surface area contributed by atoms with Gasteiger partial charge in [0.05, 0.1) is 6.04 Å². The Bertz CT molecular complexity index is 484. The van der Waals surface area contributed by atoms with Gasteiger partial charge in [-0.1, -0.05) is 51.7 Å². The molecule has 0 bridgehead atoms. The van der Waals surface area contributed by atoms with Crippen LogP contribution in [0, 0.1) is 5.41 Å². The van der Waals surface area contributed by atoms with E-state index in [1.807, 2.05) is 0 Å². The molecule has 0 aromatic rings. The summed E-state index contributed by atoms with van der Waals surface area (Å²) in [7, 11) is 0. The summed E-state index contributed by atoms with van der Waals surface area (Å²) in [4.78, 5) is 0. The summed E-state index contributed by atoms with van der Waals surface area (Å²) >= 11 is 0. The SMILES string of the molecule is C=C1C=CC2NC(C(C)(C)CC)=CC=C2/C1=C/C. The molecule has 1 aliphatic carbocycles. The predicted molar refractivity (Wildman–Crippen MR) is 79.2 cm³/mol. The van der Waals surface area contributed by atoms with Gasteiger partial charge in [-0.05, 0) is 36.1 Å². The van der Waals surface area contributed by atoms with Crippen molar-refractivity contribution >= 4 is 0 Å². The lowest BCUT2D eigenvalue weighted by atomic mass is 9.80. The minimum atomic E-state index is 0.209. The maximum absolute atomic E-state index is 4.10. The molecule has 0 radical (unpaired) electrons. The number of allylic oxidation sites excluding steroid dienone is 6. The Morgan fingerprint density at radius 1 is 1.39 bits per heavy atom. The molecule has 0 amide bonds. The first-order valence-electron chi connectivity index (χ1n) is 6.72. The maximum atomic E-state index is 4.10. The van der Waals surface area contributed by atoms with E-state index >= 15 is 0 Å². The molecule has 0 saturated heterocycles. The number of hydrogen-bond acceptors (Lipinski definition) is 1. The summed E-state index contributed by atoms with van der Waals surface area (Å²) in [5, 5.41) is 3.66. The average Bonchev–Trinajstić information content (AvgIpc) is 2.38. The second-order valence-electron chi connectivity index (χ2n) is 5.65. The van der Waals surface area contributed by atoms with Crippen molar-refractivity contribution in [1.29, 1.82) is 0 Å². The fourth-order valence-corrected chi connectivity index (χ4v) is 2.43. The van der Waals surface area contributed by atoms with Crippen LogP contribution in [0.1, 0.15) is 34.1 Å². The molecule has 0 spiro atoms. The van der Waals surface area contributed by atoms with Crippen LogP contribution in [0.15, 0.2) is 59.4 Å². The van der Waals surface area contributed by atoms with E-state index in [4.69, 9.17) is 0 Å². The largest absolute Gasteiger partial charge is 0.378 e. The lowest BCUT2D eigenvalue weighted by Gasteiger charge is -2.36. The molecule has 18 heavy (non-hydrogen) atoms. The van der Waals surface area contributed by atoms with Gasteiger partial charge in [-0.15, -0.1) is 0 Å². The minimum Gasteiger partial charge on any atom is -0.378 e. The van der Waals surface area contributed by atoms with E-state index in [0.29, 0.717) is 6.04 Å². The Balaban J connectivity index is 2.39. The van der Waals surface area contributed by atoms with Crippen molar-refractivity contribution in [3.05, 3.63) is 59.4 Å². The van der Waals surface area contributed by atoms with E-state index in [9.17, 15) is 0 Å². The summed E-state index contributed by atoms with van der Waals surface area (Å²) < 4.78 is 0. The number of nitrogens with one attached hydrogen (secondary N) is 1. The monoisotopic (exact) mass is 241 g/mol. The highest BCUT2D eigenvalue weighted by Crippen LogP contribution is 2.35. The number of hydrogen-bond donors (Lipinski definition) is 1. The Morgan fingerprint density at radius 2 is 2.11 bits per heavy atom. The minimum absolute atomic E-state index is 0.209. The summed E-state index contributed by atoms with van der Waals surface area (Å²) in [6.45, 7) is 13.0. The maximum Gasteiger partial charge on any atom is 0.0704 e. The Kier molecular flexibility index (Phi) is 3.34. The van der Waals surface area contributed by atoms with E-state index < -0.39 is 0 Å². The van der Waals surface area contributed by atoms with Crippen molar-refractivity contribution in [3.63, 3.8) is 0 Å². The van der Waals surface area contributed by atoms with E-state index in [0.717, 1.165) is 12.0 Å². The lowest BCUT2D eigenvalue weighted by molar-refractivity contribution is 0.391. The van der Waals surface area contributed by atoms with Crippen LogP contribution in [0.5, 0.6) is 0 Å². The van der Waals surface area contributed by atoms with Gasteiger partial charge in [0.25, 0.3) is 0 Å². The molecule has 1 unspecified atom stereocenters. The van der Waals surface area contributed by atoms with Gasteiger partial charge < -0.3 is 5.32 Å². The van der Waals surface area contributed by atoms with Crippen molar-refractivity contribution < 1.29 is 0 Å². The van der Waals surface area contributed by atoms with Gasteiger partial charge in [0.15, 0.2) is 0 Å². The second-order valence-corrected chi connectivity index (χ2v) is 5.65. The van der Waals surface area contributed by atoms with Crippen molar-refractivity contribution in [2.24, 2.45) is 5.41 Å². The van der Waals surface area contributed by atoms with Crippen LogP contribution in [0.4, 0.5) is 0 Å². The molecule has 1 aliphatic heterocycles. The van der Waals surface area contributed by atoms with Crippen LogP contribution < -0.4 is 5.32 Å². The third-order valence-electron chi connectivity index (χ3n) is 4.12. The topological polar surface area (TPSA) is 12.0 Å². The van der Waals surface area contributed by atoms with E-state index in [-0.39, 0.29) is 5.41 Å². The van der Waals surface area contributed by atoms with Crippen molar-refractivity contribution in [2.75, 3.05) is 0 Å². The normalized spacial score (nSPS) is 25.4. The standard InChI is InChI=1S/C17H23N/c1-6-13-12(3)8-10-15-14(13)9-11-16(18-15)17(4,5)7-2/h6,8-11,15,18H,3,7H2,1-2,4-5H3/b13-6+. The summed E-state index contributed by atoms with van der Waals surface area (Å²) in [6.07, 6.45) is 12.1. The highest BCUT2D eigenvalue weighted by Gasteiger charge is 2.28. The second kappa shape index (κ2) is 4.64. The quantitative estimate of drug-likeness (QED) is 0.761. The highest BCUT2D eigenvalue weighted by atomic mass is 14.9. The number of fused-ring (bicyclic) bond motifs is 1. The van der Waals surface area contributed by atoms with Gasteiger partial charge in [-0.3, -0.25) is 0 Å². The van der Waals surface area contributed by atoms with Crippen molar-refractivity contribution in [2.45, 2.75) is 40.2 Å². The molecule has 96 valence electrons. The first-order chi connectivity index (χ1) is 8.49. The molecule has 1 atom stereocenters. The van der Waals surface area contributed by atoms with Crippen LogP contribution in [0.2, 0.25) is 0 Å². The zero-order valence-electron chi connectivity index (χ0n) is 11.9. The molecule has 0 saturated carbocycles. The molecule has 2 aliphatic rings. The third kappa shape index (κ3) is 2.10. The molecular weight excluding hydrogens is 218 g/mol. The van der Waals surface area contributed by atoms with Crippen LogP contribution in [0.3, 0.4) is 0 Å². The van der Waals surface area contributed by atoms with E-state index in [1.165, 1.54) is 16.8 Å². The average molecular weight is 241 g/mol. The fraction of sp³-hybridized carbons (Fsp3) is 0.412. The molecule has 1 heteroatoms. The molecule has 1 nitrogen and oxygen atoms in total. The highest BCUT2D eigenvalue weighted by molar-refractivity contribution is 5.59. The Hall–Kier alpha value is -1.50. The van der Waals surface area contributed by atoms with Gasteiger partial charge in [0, 0.05) is 11.1 Å². The lowest BCUT2D eigenvalue weighted by Crippen LogP contribution is -2.38. The molecule has 1 N–H and O–H groups in total. The summed E-state index contributed by atoms with van der Waals surface area (Å²) in [5.41, 5.74) is 5.24. The van der Waals surface area contributed by atoms with Crippen LogP contribution in [0.25, 0.3) is 0 Å². The summed E-state index contributed by atoms with van der Waals surface area (Å²) in [5.74, 6) is 0. The van der Waals surface area contributed by atoms with Crippen molar-refractivity contribution in [3.8, 4) is 0 Å². The zero-order chi connectivity index (χ0) is 13.3.